The zero-order chi connectivity index (χ0) is 13.9. The molecule has 0 radical (unpaired) electrons. The van der Waals surface area contributed by atoms with E-state index in [1.54, 1.807) is 0 Å². The number of para-hydroxylation sites is 2. The van der Waals surface area contributed by atoms with Crippen LogP contribution in [0.15, 0.2) is 59.6 Å². The predicted molar refractivity (Wildman–Crippen MR) is 80.7 cm³/mol. The monoisotopic (exact) mass is 265 g/mol. The van der Waals surface area contributed by atoms with E-state index in [9.17, 15) is 0 Å². The number of aromatic nitrogens is 2. The summed E-state index contributed by atoms with van der Waals surface area (Å²) in [4.78, 5) is 4.52. The quantitative estimate of drug-likeness (QED) is 0.323. The molecule has 1 heterocycles. The van der Waals surface area contributed by atoms with Crippen LogP contribution in [0, 0.1) is 0 Å². The Bertz CT molecular complexity index is 758. The van der Waals surface area contributed by atoms with E-state index in [0.29, 0.717) is 5.84 Å². The van der Waals surface area contributed by atoms with Gasteiger partial charge in [0.2, 0.25) is 0 Å². The number of rotatable bonds is 2. The van der Waals surface area contributed by atoms with Crippen molar-refractivity contribution in [1.82, 2.24) is 15.2 Å². The van der Waals surface area contributed by atoms with Crippen molar-refractivity contribution in [3.05, 3.63) is 60.3 Å². The van der Waals surface area contributed by atoms with Crippen LogP contribution in [-0.4, -0.2) is 15.6 Å². The van der Waals surface area contributed by atoms with Gasteiger partial charge in [-0.05, 0) is 18.2 Å². The van der Waals surface area contributed by atoms with E-state index in [2.05, 4.69) is 15.5 Å². The molecule has 0 fully saturated rings. The molecule has 0 bridgehead atoms. The van der Waals surface area contributed by atoms with Crippen molar-refractivity contribution in [3.8, 4) is 0 Å². The molecule has 2 aromatic carbocycles. The summed E-state index contributed by atoms with van der Waals surface area (Å²) < 4.78 is 1.82. The molecule has 5 heteroatoms. The van der Waals surface area contributed by atoms with Gasteiger partial charge in [-0.25, -0.2) is 10.8 Å². The van der Waals surface area contributed by atoms with Gasteiger partial charge in [0.25, 0.3) is 0 Å². The molecule has 0 atom stereocenters. The first-order chi connectivity index (χ1) is 9.79. The van der Waals surface area contributed by atoms with E-state index in [1.165, 1.54) is 0 Å². The Hall–Kier alpha value is -2.66. The molecule has 0 aliphatic carbocycles. The van der Waals surface area contributed by atoms with Crippen molar-refractivity contribution in [2.75, 3.05) is 0 Å². The molecule has 20 heavy (non-hydrogen) atoms. The molecule has 0 saturated carbocycles. The summed E-state index contributed by atoms with van der Waals surface area (Å²) in [6.45, 7) is 0. The molecule has 0 spiro atoms. The first kappa shape index (κ1) is 12.4. The van der Waals surface area contributed by atoms with Gasteiger partial charge in [0.1, 0.15) is 5.69 Å². The topological polar surface area (TPSA) is 68.2 Å². The third-order valence-corrected chi connectivity index (χ3v) is 3.12. The Morgan fingerprint density at radius 2 is 1.80 bits per heavy atom. The average Bonchev–Trinajstić information content (AvgIpc) is 2.84. The van der Waals surface area contributed by atoms with Gasteiger partial charge in [-0.1, -0.05) is 36.4 Å². The fourth-order valence-corrected chi connectivity index (χ4v) is 2.17. The van der Waals surface area contributed by atoms with E-state index < -0.39 is 0 Å². The summed E-state index contributed by atoms with van der Waals surface area (Å²) in [5, 5.41) is 5.52. The summed E-state index contributed by atoms with van der Waals surface area (Å²) in [5.41, 5.74) is 5.26. The van der Waals surface area contributed by atoms with Crippen LogP contribution in [0.5, 0.6) is 0 Å². The zero-order valence-electron chi connectivity index (χ0n) is 11.1. The summed E-state index contributed by atoms with van der Waals surface area (Å²) in [6, 6.07) is 17.6. The maximum Gasteiger partial charge on any atom is 0.169 e. The lowest BCUT2D eigenvalue weighted by atomic mass is 10.2. The Balaban J connectivity index is 2.15. The molecule has 0 aliphatic rings. The Labute approximate surface area is 116 Å². The van der Waals surface area contributed by atoms with Gasteiger partial charge in [0.15, 0.2) is 5.84 Å². The smallest absolute Gasteiger partial charge is 0.169 e. The molecule has 3 rings (SSSR count). The molecule has 0 aliphatic heterocycles. The Morgan fingerprint density at radius 1 is 1.10 bits per heavy atom. The number of nitrogens with two attached hydrogens (primary N) is 1. The second-order valence-electron chi connectivity index (χ2n) is 4.43. The Morgan fingerprint density at radius 3 is 2.55 bits per heavy atom. The number of hydrogen-bond donors (Lipinski definition) is 2. The largest absolute Gasteiger partial charge is 0.307 e. The van der Waals surface area contributed by atoms with E-state index in [4.69, 9.17) is 5.84 Å². The van der Waals surface area contributed by atoms with Crippen LogP contribution in [-0.2, 0) is 7.05 Å². The van der Waals surface area contributed by atoms with Crippen LogP contribution in [0.2, 0.25) is 0 Å². The molecule has 0 amide bonds. The standard InChI is InChI=1S/C15H15N5/c1-20-13-10-6-5-9-12(13)14(19-20)15(18-16)17-11-7-3-2-4-8-11/h2-10H,16H2,1H3,(H,17,18). The number of benzene rings is 2. The van der Waals surface area contributed by atoms with Gasteiger partial charge in [0.05, 0.1) is 11.2 Å². The SMILES string of the molecule is Cn1nc(C(=Nc2ccccc2)NN)c2ccccc21. The normalized spacial score (nSPS) is 11.8. The fourth-order valence-electron chi connectivity index (χ4n) is 2.17. The minimum absolute atomic E-state index is 0.549. The number of nitrogens with zero attached hydrogens (tertiary/aromatic N) is 3. The van der Waals surface area contributed by atoms with Crippen molar-refractivity contribution < 1.29 is 0 Å². The lowest BCUT2D eigenvalue weighted by molar-refractivity contribution is 0.789. The highest BCUT2D eigenvalue weighted by atomic mass is 15.3. The van der Waals surface area contributed by atoms with Crippen molar-refractivity contribution in [2.24, 2.45) is 17.9 Å². The first-order valence-electron chi connectivity index (χ1n) is 6.32. The molecular formula is C15H15N5. The number of aryl methyl sites for hydroxylation is 1. The molecule has 3 aromatic rings. The lowest BCUT2D eigenvalue weighted by Gasteiger charge is -2.03. The van der Waals surface area contributed by atoms with Crippen molar-refractivity contribution in [3.63, 3.8) is 0 Å². The van der Waals surface area contributed by atoms with Gasteiger partial charge in [0, 0.05) is 12.4 Å². The predicted octanol–water partition coefficient (Wildman–Crippen LogP) is 2.11. The molecule has 3 N–H and O–H groups in total. The summed E-state index contributed by atoms with van der Waals surface area (Å²) in [6.07, 6.45) is 0. The van der Waals surface area contributed by atoms with Crippen LogP contribution < -0.4 is 11.3 Å². The van der Waals surface area contributed by atoms with Gasteiger partial charge >= 0.3 is 0 Å². The highest BCUT2D eigenvalue weighted by molar-refractivity contribution is 6.08. The van der Waals surface area contributed by atoms with Crippen molar-refractivity contribution in [2.45, 2.75) is 0 Å². The van der Waals surface area contributed by atoms with Crippen LogP contribution in [0.25, 0.3) is 10.9 Å². The number of amidine groups is 1. The van der Waals surface area contributed by atoms with Crippen molar-refractivity contribution >= 4 is 22.4 Å². The van der Waals surface area contributed by atoms with Crippen LogP contribution in [0.4, 0.5) is 5.69 Å². The molecule has 0 saturated heterocycles. The number of hydrogen-bond acceptors (Lipinski definition) is 3. The van der Waals surface area contributed by atoms with Gasteiger partial charge in [-0.3, -0.25) is 4.68 Å². The maximum absolute atomic E-state index is 5.62. The zero-order valence-corrected chi connectivity index (χ0v) is 11.1. The minimum Gasteiger partial charge on any atom is -0.307 e. The second-order valence-corrected chi connectivity index (χ2v) is 4.43. The summed E-state index contributed by atoms with van der Waals surface area (Å²) in [5.74, 6) is 6.17. The maximum atomic E-state index is 5.62. The van der Waals surface area contributed by atoms with Crippen molar-refractivity contribution in [1.29, 1.82) is 0 Å². The summed E-state index contributed by atoms with van der Waals surface area (Å²) >= 11 is 0. The minimum atomic E-state index is 0.549. The number of aliphatic imine (C=N–C) groups is 1. The number of nitrogens with one attached hydrogen (secondary N) is 1. The van der Waals surface area contributed by atoms with E-state index in [1.807, 2.05) is 66.3 Å². The van der Waals surface area contributed by atoms with E-state index in [-0.39, 0.29) is 0 Å². The molecule has 100 valence electrons. The molecule has 1 aromatic heterocycles. The third kappa shape index (κ3) is 2.15. The van der Waals surface area contributed by atoms with Crippen LogP contribution in [0.3, 0.4) is 0 Å². The Kier molecular flexibility index (Phi) is 3.18. The van der Waals surface area contributed by atoms with Gasteiger partial charge < -0.3 is 5.43 Å². The first-order valence-corrected chi connectivity index (χ1v) is 6.32. The molecular weight excluding hydrogens is 250 g/mol. The highest BCUT2D eigenvalue weighted by Crippen LogP contribution is 2.19. The second kappa shape index (κ2) is 5.14. The lowest BCUT2D eigenvalue weighted by Crippen LogP contribution is -2.31. The van der Waals surface area contributed by atoms with Crippen LogP contribution in [0.1, 0.15) is 5.69 Å². The summed E-state index contributed by atoms with van der Waals surface area (Å²) in [7, 11) is 1.91. The van der Waals surface area contributed by atoms with Crippen LogP contribution >= 0.6 is 0 Å². The highest BCUT2D eigenvalue weighted by Gasteiger charge is 2.13. The van der Waals surface area contributed by atoms with E-state index in [0.717, 1.165) is 22.3 Å². The third-order valence-electron chi connectivity index (χ3n) is 3.12. The van der Waals surface area contributed by atoms with E-state index >= 15 is 0 Å². The average molecular weight is 265 g/mol. The number of hydrazine groups is 1. The van der Waals surface area contributed by atoms with Gasteiger partial charge in [-0.2, -0.15) is 5.10 Å². The number of fused-ring (bicyclic) bond motifs is 1. The van der Waals surface area contributed by atoms with Gasteiger partial charge in [-0.15, -0.1) is 0 Å². The molecule has 0 unspecified atom stereocenters. The fraction of sp³-hybridized carbons (Fsp3) is 0.0667. The molecule has 5 nitrogen and oxygen atoms in total.